The van der Waals surface area contributed by atoms with Gasteiger partial charge in [0, 0.05) is 26.2 Å². The van der Waals surface area contributed by atoms with Crippen LogP contribution >= 0.6 is 35.7 Å². The molecule has 3 N–H and O–H groups in total. The minimum absolute atomic E-state index is 0. The molecule has 0 fully saturated rings. The number of aryl methyl sites for hydroxylation is 2. The van der Waals surface area contributed by atoms with E-state index in [2.05, 4.69) is 26.6 Å². The van der Waals surface area contributed by atoms with Gasteiger partial charge in [0.1, 0.15) is 0 Å². The molecule has 1 rings (SSSR count). The number of nitrogens with one attached hydrogen (secondary N) is 3. The molecule has 27 heavy (non-hydrogen) atoms. The largest absolute Gasteiger partial charge is 0.357 e. The summed E-state index contributed by atoms with van der Waals surface area (Å²) in [5.41, 5.74) is 1.67. The van der Waals surface area contributed by atoms with Gasteiger partial charge < -0.3 is 10.6 Å². The first-order valence-corrected chi connectivity index (χ1v) is 11.9. The van der Waals surface area contributed by atoms with Crippen molar-refractivity contribution in [2.75, 3.05) is 38.2 Å². The Morgan fingerprint density at radius 3 is 2.56 bits per heavy atom. The topological polar surface area (TPSA) is 82.6 Å². The summed E-state index contributed by atoms with van der Waals surface area (Å²) in [6.07, 6.45) is 4.31. The van der Waals surface area contributed by atoms with Gasteiger partial charge in [-0.05, 0) is 62.8 Å². The van der Waals surface area contributed by atoms with Gasteiger partial charge in [0.25, 0.3) is 0 Å². The van der Waals surface area contributed by atoms with E-state index in [1.165, 1.54) is 0 Å². The fourth-order valence-electron chi connectivity index (χ4n) is 2.33. The summed E-state index contributed by atoms with van der Waals surface area (Å²) in [5, 5.41) is 6.34. The first kappa shape index (κ1) is 26.5. The average Bonchev–Trinajstić information content (AvgIpc) is 2.60. The van der Waals surface area contributed by atoms with Crippen LogP contribution in [0.25, 0.3) is 0 Å². The Morgan fingerprint density at radius 1 is 1.15 bits per heavy atom. The van der Waals surface area contributed by atoms with Crippen LogP contribution in [0.2, 0.25) is 0 Å². The quantitative estimate of drug-likeness (QED) is 0.178. The van der Waals surface area contributed by atoms with E-state index in [0.29, 0.717) is 18.0 Å². The number of hydrogen-bond donors (Lipinski definition) is 3. The highest BCUT2D eigenvalue weighted by Crippen LogP contribution is 2.16. The zero-order valence-corrected chi connectivity index (χ0v) is 20.6. The van der Waals surface area contributed by atoms with Gasteiger partial charge >= 0.3 is 0 Å². The summed E-state index contributed by atoms with van der Waals surface area (Å²) in [7, 11) is -3.50. The lowest BCUT2D eigenvalue weighted by molar-refractivity contribution is 0.579. The normalized spacial score (nSPS) is 11.8. The predicted octanol–water partition coefficient (Wildman–Crippen LogP) is 2.90. The SMILES string of the molecule is CCNC(=NCCCCSC)NCCNS(=O)(=O)c1cc(C)ccc1C.I. The summed E-state index contributed by atoms with van der Waals surface area (Å²) in [4.78, 5) is 4.85. The highest BCUT2D eigenvalue weighted by molar-refractivity contribution is 14.0. The van der Waals surface area contributed by atoms with E-state index in [0.717, 1.165) is 48.8 Å². The standard InChI is InChI=1S/C18H32N4O2S2.HI/c1-5-19-18(20-10-6-7-13-25-4)21-11-12-22-26(23,24)17-14-15(2)8-9-16(17)3;/h8-9,14,22H,5-7,10-13H2,1-4H3,(H2,19,20,21);1H. The molecule has 0 spiro atoms. The van der Waals surface area contributed by atoms with Crippen molar-refractivity contribution in [3.8, 4) is 0 Å². The molecule has 1 aromatic carbocycles. The number of thioether (sulfide) groups is 1. The van der Waals surface area contributed by atoms with E-state index < -0.39 is 10.0 Å². The van der Waals surface area contributed by atoms with E-state index in [4.69, 9.17) is 0 Å². The lowest BCUT2D eigenvalue weighted by atomic mass is 10.2. The number of rotatable bonds is 11. The minimum atomic E-state index is -3.50. The molecule has 0 saturated carbocycles. The predicted molar refractivity (Wildman–Crippen MR) is 128 cm³/mol. The van der Waals surface area contributed by atoms with E-state index in [-0.39, 0.29) is 24.0 Å². The molecule has 0 heterocycles. The van der Waals surface area contributed by atoms with Crippen molar-refractivity contribution >= 4 is 51.7 Å². The summed E-state index contributed by atoms with van der Waals surface area (Å²) in [6, 6.07) is 5.44. The van der Waals surface area contributed by atoms with Crippen molar-refractivity contribution in [3.63, 3.8) is 0 Å². The Labute approximate surface area is 185 Å². The van der Waals surface area contributed by atoms with Crippen molar-refractivity contribution in [1.29, 1.82) is 0 Å². The minimum Gasteiger partial charge on any atom is -0.357 e. The third-order valence-corrected chi connectivity index (χ3v) is 6.01. The number of nitrogens with zero attached hydrogens (tertiary/aromatic N) is 1. The second-order valence-electron chi connectivity index (χ2n) is 6.05. The zero-order valence-electron chi connectivity index (χ0n) is 16.7. The number of halogens is 1. The number of sulfonamides is 1. The molecule has 0 aliphatic carbocycles. The van der Waals surface area contributed by atoms with Crippen LogP contribution in [-0.2, 0) is 10.0 Å². The monoisotopic (exact) mass is 528 g/mol. The molecule has 0 amide bonds. The Kier molecular flexibility index (Phi) is 14.2. The maximum atomic E-state index is 12.5. The molecule has 9 heteroatoms. The third kappa shape index (κ3) is 10.6. The highest BCUT2D eigenvalue weighted by atomic mass is 127. The van der Waals surface area contributed by atoms with Crippen LogP contribution in [-0.4, -0.2) is 52.6 Å². The van der Waals surface area contributed by atoms with Crippen LogP contribution in [0.4, 0.5) is 0 Å². The molecule has 0 unspecified atom stereocenters. The maximum Gasteiger partial charge on any atom is 0.240 e. The van der Waals surface area contributed by atoms with Gasteiger partial charge in [-0.25, -0.2) is 13.1 Å². The molecule has 6 nitrogen and oxygen atoms in total. The van der Waals surface area contributed by atoms with Crippen molar-refractivity contribution in [2.24, 2.45) is 4.99 Å². The van der Waals surface area contributed by atoms with Crippen molar-refractivity contribution in [2.45, 2.75) is 38.5 Å². The van der Waals surface area contributed by atoms with Gasteiger partial charge in [0.15, 0.2) is 5.96 Å². The second kappa shape index (κ2) is 14.5. The van der Waals surface area contributed by atoms with Crippen LogP contribution in [0.1, 0.15) is 30.9 Å². The van der Waals surface area contributed by atoms with E-state index in [1.807, 2.05) is 37.7 Å². The van der Waals surface area contributed by atoms with Gasteiger partial charge in [-0.15, -0.1) is 24.0 Å². The van der Waals surface area contributed by atoms with Crippen LogP contribution < -0.4 is 15.4 Å². The summed E-state index contributed by atoms with van der Waals surface area (Å²) >= 11 is 1.84. The summed E-state index contributed by atoms with van der Waals surface area (Å²) in [5.74, 6) is 1.88. The third-order valence-electron chi connectivity index (χ3n) is 3.71. The van der Waals surface area contributed by atoms with E-state index >= 15 is 0 Å². The molecule has 0 aliphatic rings. The number of aliphatic imine (C=N–C) groups is 1. The summed E-state index contributed by atoms with van der Waals surface area (Å²) < 4.78 is 27.6. The molecule has 0 saturated heterocycles. The zero-order chi connectivity index (χ0) is 19.4. The number of hydrogen-bond acceptors (Lipinski definition) is 4. The highest BCUT2D eigenvalue weighted by Gasteiger charge is 2.16. The fourth-order valence-corrected chi connectivity index (χ4v) is 4.18. The molecule has 1 aromatic rings. The van der Waals surface area contributed by atoms with Crippen LogP contribution in [0.15, 0.2) is 28.1 Å². The molecular weight excluding hydrogens is 495 g/mol. The first-order chi connectivity index (χ1) is 12.4. The molecule has 156 valence electrons. The van der Waals surface area contributed by atoms with Crippen molar-refractivity contribution in [3.05, 3.63) is 29.3 Å². The van der Waals surface area contributed by atoms with Gasteiger partial charge in [0.2, 0.25) is 10.0 Å². The molecular formula is C18H33IN4O2S2. The van der Waals surface area contributed by atoms with Gasteiger partial charge in [-0.2, -0.15) is 11.8 Å². The molecule has 0 radical (unpaired) electrons. The van der Waals surface area contributed by atoms with Gasteiger partial charge in [-0.1, -0.05) is 12.1 Å². The Balaban J connectivity index is 0.00000676. The fraction of sp³-hybridized carbons (Fsp3) is 0.611. The number of unbranched alkanes of at least 4 members (excludes halogenated alkanes) is 1. The van der Waals surface area contributed by atoms with Gasteiger partial charge in [-0.3, -0.25) is 4.99 Å². The molecule has 0 atom stereocenters. The van der Waals surface area contributed by atoms with E-state index in [9.17, 15) is 8.42 Å². The number of benzene rings is 1. The summed E-state index contributed by atoms with van der Waals surface area (Å²) in [6.45, 7) is 8.01. The lowest BCUT2D eigenvalue weighted by Gasteiger charge is -2.13. The maximum absolute atomic E-state index is 12.5. The van der Waals surface area contributed by atoms with Crippen molar-refractivity contribution in [1.82, 2.24) is 15.4 Å². The Morgan fingerprint density at radius 2 is 1.89 bits per heavy atom. The van der Waals surface area contributed by atoms with Crippen LogP contribution in [0.3, 0.4) is 0 Å². The van der Waals surface area contributed by atoms with Crippen molar-refractivity contribution < 1.29 is 8.42 Å². The first-order valence-electron chi connectivity index (χ1n) is 8.98. The lowest BCUT2D eigenvalue weighted by Crippen LogP contribution is -2.41. The average molecular weight is 529 g/mol. The van der Waals surface area contributed by atoms with Gasteiger partial charge in [0.05, 0.1) is 4.90 Å². The molecule has 0 aromatic heterocycles. The van der Waals surface area contributed by atoms with Crippen LogP contribution in [0.5, 0.6) is 0 Å². The molecule has 0 bridgehead atoms. The number of guanidine groups is 1. The Hall–Kier alpha value is -0.520. The second-order valence-corrected chi connectivity index (χ2v) is 8.78. The molecule has 0 aliphatic heterocycles. The van der Waals surface area contributed by atoms with E-state index in [1.54, 1.807) is 13.0 Å². The smallest absolute Gasteiger partial charge is 0.240 e. The Bertz CT molecular complexity index is 682. The van der Waals surface area contributed by atoms with Crippen LogP contribution in [0, 0.1) is 13.8 Å².